The van der Waals surface area contributed by atoms with Crippen LogP contribution in [0, 0.1) is 5.92 Å². The van der Waals surface area contributed by atoms with Gasteiger partial charge in [-0.15, -0.1) is 0 Å². The van der Waals surface area contributed by atoms with Crippen LogP contribution in [-0.2, 0) is 9.84 Å². The van der Waals surface area contributed by atoms with Crippen LogP contribution in [0.1, 0.15) is 38.5 Å². The number of sulfone groups is 1. The smallest absolute Gasteiger partial charge is 0.321 e. The number of benzene rings is 1. The lowest BCUT2D eigenvalue weighted by Gasteiger charge is -2.29. The van der Waals surface area contributed by atoms with Gasteiger partial charge in [-0.3, -0.25) is 0 Å². The first-order valence-electron chi connectivity index (χ1n) is 8.33. The van der Waals surface area contributed by atoms with E-state index < -0.39 is 9.84 Å². The first-order chi connectivity index (χ1) is 10.9. The van der Waals surface area contributed by atoms with Crippen LogP contribution in [0.15, 0.2) is 29.2 Å². The Kier molecular flexibility index (Phi) is 4.62. The summed E-state index contributed by atoms with van der Waals surface area (Å²) in [5.74, 6) is 0.649. The Morgan fingerprint density at radius 3 is 2.35 bits per heavy atom. The van der Waals surface area contributed by atoms with Crippen molar-refractivity contribution in [2.45, 2.75) is 49.5 Å². The minimum Gasteiger partial charge on any atom is -0.321 e. The molecule has 1 aliphatic carbocycles. The molecular weight excluding hydrogens is 312 g/mol. The first-order valence-corrected chi connectivity index (χ1v) is 10.2. The van der Waals surface area contributed by atoms with Gasteiger partial charge in [-0.05, 0) is 55.9 Å². The third-order valence-corrected chi connectivity index (χ3v) is 6.17. The van der Waals surface area contributed by atoms with Crippen molar-refractivity contribution in [3.8, 4) is 0 Å². The fraction of sp³-hybridized carbons (Fsp3) is 0.588. The number of nitrogens with zero attached hydrogens (tertiary/aromatic N) is 1. The third kappa shape index (κ3) is 3.68. The standard InChI is InChI=1S/C17H24N2O3S/c1-23(21,22)15-10-8-14(9-11-15)18-17(20)19-12-4-7-16(19)13-5-2-3-6-13/h8-11,13,16H,2-7,12H2,1H3,(H,18,20)/t16-/m0/s1. The molecule has 1 saturated carbocycles. The maximum absolute atomic E-state index is 12.6. The minimum absolute atomic E-state index is 0.0634. The highest BCUT2D eigenvalue weighted by Gasteiger charge is 2.35. The summed E-state index contributed by atoms with van der Waals surface area (Å²) in [5.41, 5.74) is 0.638. The molecule has 6 heteroatoms. The van der Waals surface area contributed by atoms with E-state index in [1.807, 2.05) is 4.90 Å². The van der Waals surface area contributed by atoms with E-state index in [0.29, 0.717) is 17.6 Å². The molecule has 1 saturated heterocycles. The molecule has 2 aliphatic rings. The molecular formula is C17H24N2O3S. The van der Waals surface area contributed by atoms with Gasteiger partial charge in [0.1, 0.15) is 0 Å². The van der Waals surface area contributed by atoms with Crippen molar-refractivity contribution in [3.63, 3.8) is 0 Å². The van der Waals surface area contributed by atoms with Crippen molar-refractivity contribution >= 4 is 21.6 Å². The van der Waals surface area contributed by atoms with Crippen LogP contribution in [0.4, 0.5) is 10.5 Å². The second kappa shape index (κ2) is 6.51. The van der Waals surface area contributed by atoms with Gasteiger partial charge >= 0.3 is 6.03 Å². The van der Waals surface area contributed by atoms with Gasteiger partial charge in [-0.25, -0.2) is 13.2 Å². The van der Waals surface area contributed by atoms with E-state index in [-0.39, 0.29) is 10.9 Å². The van der Waals surface area contributed by atoms with E-state index in [1.54, 1.807) is 12.1 Å². The van der Waals surface area contributed by atoms with Crippen LogP contribution < -0.4 is 5.32 Å². The molecule has 1 heterocycles. The zero-order valence-electron chi connectivity index (χ0n) is 13.5. The number of urea groups is 1. The zero-order valence-corrected chi connectivity index (χ0v) is 14.3. The van der Waals surface area contributed by atoms with Crippen molar-refractivity contribution in [3.05, 3.63) is 24.3 Å². The molecule has 2 fully saturated rings. The molecule has 3 rings (SSSR count). The molecule has 23 heavy (non-hydrogen) atoms. The largest absolute Gasteiger partial charge is 0.322 e. The Bertz CT molecular complexity index is 664. The topological polar surface area (TPSA) is 66.5 Å². The van der Waals surface area contributed by atoms with E-state index >= 15 is 0 Å². The number of hydrogen-bond donors (Lipinski definition) is 1. The molecule has 0 radical (unpaired) electrons. The average molecular weight is 336 g/mol. The molecule has 1 aromatic carbocycles. The van der Waals surface area contributed by atoms with Gasteiger partial charge in [0.2, 0.25) is 0 Å². The number of hydrogen-bond acceptors (Lipinski definition) is 3. The Balaban J connectivity index is 1.66. The van der Waals surface area contributed by atoms with Gasteiger partial charge in [0.15, 0.2) is 9.84 Å². The third-order valence-electron chi connectivity index (χ3n) is 5.04. The van der Waals surface area contributed by atoms with Crippen molar-refractivity contribution < 1.29 is 13.2 Å². The second-order valence-corrected chi connectivity index (χ2v) is 8.69. The molecule has 126 valence electrons. The number of rotatable bonds is 3. The summed E-state index contributed by atoms with van der Waals surface area (Å²) in [4.78, 5) is 14.8. The predicted molar refractivity (Wildman–Crippen MR) is 90.3 cm³/mol. The molecule has 0 spiro atoms. The lowest BCUT2D eigenvalue weighted by atomic mass is 9.96. The number of likely N-dealkylation sites (tertiary alicyclic amines) is 1. The minimum atomic E-state index is -3.21. The molecule has 0 bridgehead atoms. The van der Waals surface area contributed by atoms with Crippen LogP contribution in [0.3, 0.4) is 0 Å². The number of anilines is 1. The Morgan fingerprint density at radius 1 is 1.09 bits per heavy atom. The molecule has 1 atom stereocenters. The maximum Gasteiger partial charge on any atom is 0.322 e. The Labute approximate surface area is 138 Å². The summed E-state index contributed by atoms with van der Waals surface area (Å²) < 4.78 is 22.9. The Morgan fingerprint density at radius 2 is 1.74 bits per heavy atom. The van der Waals surface area contributed by atoms with Crippen LogP contribution in [-0.4, -0.2) is 38.2 Å². The van der Waals surface area contributed by atoms with E-state index in [0.717, 1.165) is 19.4 Å². The fourth-order valence-corrected chi connectivity index (χ4v) is 4.49. The second-order valence-electron chi connectivity index (χ2n) is 6.67. The van der Waals surface area contributed by atoms with Crippen LogP contribution in [0.5, 0.6) is 0 Å². The predicted octanol–water partition coefficient (Wildman–Crippen LogP) is 3.28. The number of carbonyl (C=O) groups is 1. The molecule has 5 nitrogen and oxygen atoms in total. The van der Waals surface area contributed by atoms with Crippen molar-refractivity contribution in [1.29, 1.82) is 0 Å². The summed E-state index contributed by atoms with van der Waals surface area (Å²) in [6.07, 6.45) is 8.38. The average Bonchev–Trinajstić information content (AvgIpc) is 3.17. The lowest BCUT2D eigenvalue weighted by Crippen LogP contribution is -2.41. The van der Waals surface area contributed by atoms with Crippen LogP contribution in [0.25, 0.3) is 0 Å². The van der Waals surface area contributed by atoms with E-state index in [1.165, 1.54) is 44.1 Å². The van der Waals surface area contributed by atoms with E-state index in [4.69, 9.17) is 0 Å². The van der Waals surface area contributed by atoms with E-state index in [2.05, 4.69) is 5.32 Å². The quantitative estimate of drug-likeness (QED) is 0.921. The van der Waals surface area contributed by atoms with Crippen molar-refractivity contribution in [2.75, 3.05) is 18.1 Å². The zero-order chi connectivity index (χ0) is 16.4. The summed E-state index contributed by atoms with van der Waals surface area (Å²) in [6, 6.07) is 6.66. The number of amides is 2. The first kappa shape index (κ1) is 16.3. The van der Waals surface area contributed by atoms with Crippen LogP contribution >= 0.6 is 0 Å². The van der Waals surface area contributed by atoms with Gasteiger partial charge in [-0.2, -0.15) is 0 Å². The monoisotopic (exact) mass is 336 g/mol. The molecule has 2 amide bonds. The molecule has 1 aliphatic heterocycles. The normalized spacial score (nSPS) is 22.5. The van der Waals surface area contributed by atoms with Gasteiger partial charge < -0.3 is 10.2 Å². The Hall–Kier alpha value is -1.56. The van der Waals surface area contributed by atoms with E-state index in [9.17, 15) is 13.2 Å². The summed E-state index contributed by atoms with van der Waals surface area (Å²) >= 11 is 0. The summed E-state index contributed by atoms with van der Waals surface area (Å²) in [7, 11) is -3.21. The van der Waals surface area contributed by atoms with Crippen LogP contribution in [0.2, 0.25) is 0 Å². The SMILES string of the molecule is CS(=O)(=O)c1ccc(NC(=O)N2CCC[C@H]2C2CCCC2)cc1. The summed E-state index contributed by atoms with van der Waals surface area (Å²) in [6.45, 7) is 0.814. The highest BCUT2D eigenvalue weighted by atomic mass is 32.2. The van der Waals surface area contributed by atoms with Gasteiger partial charge in [0.05, 0.1) is 4.90 Å². The molecule has 1 aromatic rings. The van der Waals surface area contributed by atoms with Crippen molar-refractivity contribution in [2.24, 2.45) is 5.92 Å². The fourth-order valence-electron chi connectivity index (χ4n) is 3.86. The number of carbonyl (C=O) groups excluding carboxylic acids is 1. The molecule has 0 aromatic heterocycles. The van der Waals surface area contributed by atoms with Crippen molar-refractivity contribution in [1.82, 2.24) is 4.90 Å². The van der Waals surface area contributed by atoms with Gasteiger partial charge in [0.25, 0.3) is 0 Å². The summed E-state index contributed by atoms with van der Waals surface area (Å²) in [5, 5.41) is 2.91. The van der Waals surface area contributed by atoms with Gasteiger partial charge in [0, 0.05) is 24.5 Å². The maximum atomic E-state index is 12.6. The van der Waals surface area contributed by atoms with Gasteiger partial charge in [-0.1, -0.05) is 12.8 Å². The number of nitrogens with one attached hydrogen (secondary N) is 1. The highest BCUT2D eigenvalue weighted by molar-refractivity contribution is 7.90. The lowest BCUT2D eigenvalue weighted by molar-refractivity contribution is 0.185. The highest BCUT2D eigenvalue weighted by Crippen LogP contribution is 2.35. The molecule has 0 unspecified atom stereocenters. The molecule has 1 N–H and O–H groups in total.